The number of aromatic nitrogens is 2. The number of amides is 1. The molecule has 0 atom stereocenters. The molecule has 1 aromatic heterocycles. The summed E-state index contributed by atoms with van der Waals surface area (Å²) in [6, 6.07) is 9.18. The lowest BCUT2D eigenvalue weighted by atomic mass is 9.81. The van der Waals surface area contributed by atoms with Crippen LogP contribution in [0, 0.1) is 0 Å². The van der Waals surface area contributed by atoms with Crippen LogP contribution in [0.2, 0.25) is 0 Å². The third-order valence-electron chi connectivity index (χ3n) is 4.43. The van der Waals surface area contributed by atoms with Gasteiger partial charge in [-0.1, -0.05) is 18.2 Å². The second-order valence-electron chi connectivity index (χ2n) is 6.75. The molecule has 0 aliphatic carbocycles. The monoisotopic (exact) mass is 325 g/mol. The summed E-state index contributed by atoms with van der Waals surface area (Å²) in [7, 11) is -0.541. The quantitative estimate of drug-likeness (QED) is 0.874. The first-order chi connectivity index (χ1) is 11.3. The molecule has 1 saturated heterocycles. The van der Waals surface area contributed by atoms with Gasteiger partial charge in [0.05, 0.1) is 11.2 Å². The van der Waals surface area contributed by atoms with Gasteiger partial charge in [0.25, 0.3) is 5.91 Å². The molecule has 1 N–H and O–H groups in total. The molecule has 2 heterocycles. The molecule has 0 saturated carbocycles. The van der Waals surface area contributed by atoms with E-state index in [-0.39, 0.29) is 11.7 Å². The summed E-state index contributed by atoms with van der Waals surface area (Å²) in [4.78, 5) is 20.4. The smallest absolute Gasteiger partial charge is 0.399 e. The van der Waals surface area contributed by atoms with Gasteiger partial charge in [-0.25, -0.2) is 9.97 Å². The Morgan fingerprint density at radius 2 is 1.54 bits per heavy atom. The van der Waals surface area contributed by atoms with Crippen LogP contribution in [0.1, 0.15) is 38.3 Å². The Hall–Kier alpha value is -2.25. The van der Waals surface area contributed by atoms with Crippen molar-refractivity contribution < 1.29 is 14.1 Å². The van der Waals surface area contributed by atoms with Crippen molar-refractivity contribution in [3.05, 3.63) is 48.5 Å². The fraction of sp³-hybridized carbons (Fsp3) is 0.353. The first kappa shape index (κ1) is 16.6. The molecule has 1 amide bonds. The summed E-state index contributed by atoms with van der Waals surface area (Å²) in [6.07, 6.45) is 3.13. The van der Waals surface area contributed by atoms with Gasteiger partial charge >= 0.3 is 7.12 Å². The van der Waals surface area contributed by atoms with E-state index in [1.54, 1.807) is 24.5 Å². The van der Waals surface area contributed by atoms with E-state index < -0.39 is 18.3 Å². The molecule has 3 rings (SSSR count). The van der Waals surface area contributed by atoms with Crippen LogP contribution >= 0.6 is 0 Å². The van der Waals surface area contributed by atoms with Crippen LogP contribution in [-0.4, -0.2) is 34.2 Å². The van der Waals surface area contributed by atoms with E-state index in [0.717, 1.165) is 0 Å². The standard InChI is InChI=1S/C17H20BN3O3/c1-16(2)17(3,4)24-18(23-16)12-10-19-14(20-11-12)15(22)21-13-8-6-5-7-9-13/h5-11H,1-4H3,(H,21,22). The van der Waals surface area contributed by atoms with E-state index in [4.69, 9.17) is 9.31 Å². The van der Waals surface area contributed by atoms with Crippen molar-refractivity contribution in [2.75, 3.05) is 5.32 Å². The summed E-state index contributed by atoms with van der Waals surface area (Å²) in [6.45, 7) is 7.93. The van der Waals surface area contributed by atoms with Crippen LogP contribution < -0.4 is 10.8 Å². The molecule has 7 heteroatoms. The predicted octanol–water partition coefficient (Wildman–Crippen LogP) is 2.03. The van der Waals surface area contributed by atoms with Gasteiger partial charge in [-0.3, -0.25) is 4.79 Å². The first-order valence-corrected chi connectivity index (χ1v) is 7.82. The third-order valence-corrected chi connectivity index (χ3v) is 4.43. The SMILES string of the molecule is CC1(C)OB(c2cnc(C(=O)Nc3ccccc3)nc2)OC1(C)C. The van der Waals surface area contributed by atoms with E-state index in [1.165, 1.54) is 0 Å². The summed E-state index contributed by atoms with van der Waals surface area (Å²) in [5.41, 5.74) is 0.522. The van der Waals surface area contributed by atoms with E-state index in [1.807, 2.05) is 45.9 Å². The number of rotatable bonds is 3. The number of anilines is 1. The van der Waals surface area contributed by atoms with Crippen LogP contribution in [0.25, 0.3) is 0 Å². The number of carbonyl (C=O) groups is 1. The van der Waals surface area contributed by atoms with Gasteiger partial charge in [-0.05, 0) is 39.8 Å². The van der Waals surface area contributed by atoms with Gasteiger partial charge in [0, 0.05) is 23.5 Å². The van der Waals surface area contributed by atoms with Gasteiger partial charge in [-0.15, -0.1) is 0 Å². The number of benzene rings is 1. The van der Waals surface area contributed by atoms with Crippen LogP contribution in [0.15, 0.2) is 42.7 Å². The predicted molar refractivity (Wildman–Crippen MR) is 92.1 cm³/mol. The highest BCUT2D eigenvalue weighted by Crippen LogP contribution is 2.36. The normalized spacial score (nSPS) is 18.4. The molecule has 0 bridgehead atoms. The van der Waals surface area contributed by atoms with E-state index in [9.17, 15) is 4.79 Å². The van der Waals surface area contributed by atoms with Gasteiger partial charge in [0.1, 0.15) is 0 Å². The molecule has 24 heavy (non-hydrogen) atoms. The maximum atomic E-state index is 12.2. The Labute approximate surface area is 141 Å². The van der Waals surface area contributed by atoms with Gasteiger partial charge < -0.3 is 14.6 Å². The lowest BCUT2D eigenvalue weighted by Gasteiger charge is -2.32. The topological polar surface area (TPSA) is 73.3 Å². The molecular formula is C17H20BN3O3. The molecule has 2 aromatic rings. The maximum absolute atomic E-state index is 12.2. The Morgan fingerprint density at radius 1 is 1.00 bits per heavy atom. The molecule has 0 spiro atoms. The fourth-order valence-corrected chi connectivity index (χ4v) is 2.26. The molecule has 1 fully saturated rings. The van der Waals surface area contributed by atoms with E-state index >= 15 is 0 Å². The molecular weight excluding hydrogens is 305 g/mol. The molecule has 124 valence electrons. The minimum absolute atomic E-state index is 0.0964. The fourth-order valence-electron chi connectivity index (χ4n) is 2.26. The van der Waals surface area contributed by atoms with Gasteiger partial charge in [-0.2, -0.15) is 0 Å². The lowest BCUT2D eigenvalue weighted by molar-refractivity contribution is 0.00578. The minimum atomic E-state index is -0.541. The zero-order chi connectivity index (χ0) is 17.4. The summed E-state index contributed by atoms with van der Waals surface area (Å²) < 4.78 is 11.9. The van der Waals surface area contributed by atoms with Crippen molar-refractivity contribution in [3.63, 3.8) is 0 Å². The zero-order valence-corrected chi connectivity index (χ0v) is 14.2. The first-order valence-electron chi connectivity index (χ1n) is 7.82. The Morgan fingerprint density at radius 3 is 2.08 bits per heavy atom. The Kier molecular flexibility index (Phi) is 4.15. The summed E-state index contributed by atoms with van der Waals surface area (Å²) in [5, 5.41) is 2.75. The summed E-state index contributed by atoms with van der Waals surface area (Å²) >= 11 is 0. The molecule has 0 unspecified atom stereocenters. The van der Waals surface area contributed by atoms with Gasteiger partial charge in [0.15, 0.2) is 0 Å². The largest absolute Gasteiger partial charge is 0.498 e. The van der Waals surface area contributed by atoms with Crippen LogP contribution in [0.5, 0.6) is 0 Å². The van der Waals surface area contributed by atoms with Crippen molar-refractivity contribution >= 4 is 24.2 Å². The highest BCUT2D eigenvalue weighted by Gasteiger charge is 2.51. The molecule has 1 aliphatic heterocycles. The number of hydrogen-bond donors (Lipinski definition) is 1. The Balaban J connectivity index is 1.71. The van der Waals surface area contributed by atoms with Crippen LogP contribution in [0.3, 0.4) is 0 Å². The van der Waals surface area contributed by atoms with Crippen molar-refractivity contribution in [1.82, 2.24) is 9.97 Å². The lowest BCUT2D eigenvalue weighted by Crippen LogP contribution is -2.41. The molecule has 1 aromatic carbocycles. The number of carbonyl (C=O) groups excluding carboxylic acids is 1. The minimum Gasteiger partial charge on any atom is -0.399 e. The number of para-hydroxylation sites is 1. The molecule has 6 nitrogen and oxygen atoms in total. The van der Waals surface area contributed by atoms with Crippen molar-refractivity contribution in [2.45, 2.75) is 38.9 Å². The highest BCUT2D eigenvalue weighted by molar-refractivity contribution is 6.61. The zero-order valence-electron chi connectivity index (χ0n) is 14.2. The second-order valence-corrected chi connectivity index (χ2v) is 6.75. The van der Waals surface area contributed by atoms with E-state index in [2.05, 4.69) is 15.3 Å². The average molecular weight is 325 g/mol. The maximum Gasteiger partial charge on any atom is 0.498 e. The van der Waals surface area contributed by atoms with Crippen molar-refractivity contribution in [1.29, 1.82) is 0 Å². The van der Waals surface area contributed by atoms with Crippen molar-refractivity contribution in [3.8, 4) is 0 Å². The third kappa shape index (κ3) is 3.18. The number of nitrogens with one attached hydrogen (secondary N) is 1. The number of hydrogen-bond acceptors (Lipinski definition) is 5. The van der Waals surface area contributed by atoms with Crippen LogP contribution in [-0.2, 0) is 9.31 Å². The second kappa shape index (κ2) is 6.00. The highest BCUT2D eigenvalue weighted by atomic mass is 16.7. The molecule has 1 aliphatic rings. The average Bonchev–Trinajstić information content (AvgIpc) is 2.76. The van der Waals surface area contributed by atoms with E-state index in [0.29, 0.717) is 11.2 Å². The van der Waals surface area contributed by atoms with Gasteiger partial charge in [0.2, 0.25) is 5.82 Å². The van der Waals surface area contributed by atoms with Crippen molar-refractivity contribution in [2.24, 2.45) is 0 Å². The van der Waals surface area contributed by atoms with Crippen LogP contribution in [0.4, 0.5) is 5.69 Å². The molecule has 0 radical (unpaired) electrons. The number of nitrogens with zero attached hydrogens (tertiary/aromatic N) is 2. The summed E-state index contributed by atoms with van der Waals surface area (Å²) in [5.74, 6) is -0.263. The Bertz CT molecular complexity index is 717.